The van der Waals surface area contributed by atoms with Gasteiger partial charge in [-0.1, -0.05) is 6.07 Å². The molecule has 24 heavy (non-hydrogen) atoms. The summed E-state index contributed by atoms with van der Waals surface area (Å²) < 4.78 is 5.18. The van der Waals surface area contributed by atoms with Crippen molar-refractivity contribution in [2.24, 2.45) is 0 Å². The summed E-state index contributed by atoms with van der Waals surface area (Å²) in [6.07, 6.45) is 3.63. The summed E-state index contributed by atoms with van der Waals surface area (Å²) in [5.74, 6) is 0.731. The van der Waals surface area contributed by atoms with Crippen molar-refractivity contribution in [3.05, 3.63) is 54.4 Å². The van der Waals surface area contributed by atoms with E-state index in [9.17, 15) is 4.79 Å². The van der Waals surface area contributed by atoms with E-state index in [-0.39, 0.29) is 6.03 Å². The van der Waals surface area contributed by atoms with Gasteiger partial charge in [-0.3, -0.25) is 9.88 Å². The quantitative estimate of drug-likeness (QED) is 0.937. The van der Waals surface area contributed by atoms with Crippen LogP contribution in [0.1, 0.15) is 5.56 Å². The number of benzene rings is 1. The van der Waals surface area contributed by atoms with Gasteiger partial charge in [0.25, 0.3) is 0 Å². The van der Waals surface area contributed by atoms with Crippen LogP contribution in [-0.2, 0) is 6.54 Å². The molecule has 6 heteroatoms. The van der Waals surface area contributed by atoms with E-state index in [1.54, 1.807) is 7.11 Å². The van der Waals surface area contributed by atoms with Crippen molar-refractivity contribution in [1.29, 1.82) is 0 Å². The van der Waals surface area contributed by atoms with Gasteiger partial charge >= 0.3 is 6.03 Å². The molecule has 1 N–H and O–H groups in total. The molecule has 0 aliphatic carbocycles. The first-order chi connectivity index (χ1) is 11.7. The zero-order valence-corrected chi connectivity index (χ0v) is 13.8. The summed E-state index contributed by atoms with van der Waals surface area (Å²) in [4.78, 5) is 20.6. The van der Waals surface area contributed by atoms with E-state index < -0.39 is 0 Å². The molecule has 126 valence electrons. The van der Waals surface area contributed by atoms with E-state index >= 15 is 0 Å². The number of piperazine rings is 1. The fourth-order valence-electron chi connectivity index (χ4n) is 2.76. The van der Waals surface area contributed by atoms with E-state index in [0.29, 0.717) is 0 Å². The highest BCUT2D eigenvalue weighted by Gasteiger charge is 2.21. The molecule has 1 aliphatic heterocycles. The number of nitrogens with one attached hydrogen (secondary N) is 1. The number of hydrogen-bond acceptors (Lipinski definition) is 4. The number of carbonyl (C=O) groups is 1. The van der Waals surface area contributed by atoms with Gasteiger partial charge in [-0.05, 0) is 29.8 Å². The topological polar surface area (TPSA) is 57.7 Å². The Balaban J connectivity index is 1.49. The summed E-state index contributed by atoms with van der Waals surface area (Å²) in [6.45, 7) is 4.08. The summed E-state index contributed by atoms with van der Waals surface area (Å²) in [5, 5.41) is 2.93. The maximum atomic E-state index is 12.4. The normalized spacial score (nSPS) is 15.1. The third-order valence-corrected chi connectivity index (χ3v) is 4.14. The average Bonchev–Trinajstić information content (AvgIpc) is 2.63. The Hall–Kier alpha value is -2.60. The van der Waals surface area contributed by atoms with E-state index in [1.165, 1.54) is 5.56 Å². The largest absolute Gasteiger partial charge is 0.497 e. The molecule has 0 atom stereocenters. The molecule has 1 aromatic heterocycles. The van der Waals surface area contributed by atoms with Crippen LogP contribution in [0.25, 0.3) is 0 Å². The predicted octanol–water partition coefficient (Wildman–Crippen LogP) is 2.44. The van der Waals surface area contributed by atoms with Gasteiger partial charge in [0.05, 0.1) is 7.11 Å². The molecule has 0 spiro atoms. The lowest BCUT2D eigenvalue weighted by Crippen LogP contribution is -2.49. The van der Waals surface area contributed by atoms with Crippen molar-refractivity contribution in [2.75, 3.05) is 38.6 Å². The zero-order chi connectivity index (χ0) is 16.8. The summed E-state index contributed by atoms with van der Waals surface area (Å²) >= 11 is 0. The number of hydrogen-bond donors (Lipinski definition) is 1. The van der Waals surface area contributed by atoms with Crippen molar-refractivity contribution in [3.63, 3.8) is 0 Å². The molecule has 1 aromatic carbocycles. The molecular weight excluding hydrogens is 304 g/mol. The number of anilines is 1. The number of nitrogens with zero attached hydrogens (tertiary/aromatic N) is 3. The second kappa shape index (κ2) is 7.79. The Bertz CT molecular complexity index is 670. The van der Waals surface area contributed by atoms with Crippen molar-refractivity contribution in [2.45, 2.75) is 6.54 Å². The number of ether oxygens (including phenoxy) is 1. The van der Waals surface area contributed by atoms with E-state index in [1.807, 2.05) is 53.7 Å². The van der Waals surface area contributed by atoms with Crippen LogP contribution in [0.2, 0.25) is 0 Å². The monoisotopic (exact) mass is 326 g/mol. The third kappa shape index (κ3) is 4.23. The molecule has 2 aromatic rings. The van der Waals surface area contributed by atoms with Crippen LogP contribution in [0, 0.1) is 0 Å². The zero-order valence-electron chi connectivity index (χ0n) is 13.8. The third-order valence-electron chi connectivity index (χ3n) is 4.14. The minimum atomic E-state index is -0.0631. The maximum absolute atomic E-state index is 12.4. The van der Waals surface area contributed by atoms with Crippen molar-refractivity contribution >= 4 is 11.7 Å². The highest BCUT2D eigenvalue weighted by atomic mass is 16.5. The molecule has 0 saturated carbocycles. The molecule has 2 amide bonds. The molecule has 1 saturated heterocycles. The van der Waals surface area contributed by atoms with Gasteiger partial charge in [0.1, 0.15) is 5.75 Å². The molecule has 1 fully saturated rings. The second-order valence-corrected chi connectivity index (χ2v) is 5.78. The summed E-state index contributed by atoms with van der Waals surface area (Å²) in [5.41, 5.74) is 2.00. The predicted molar refractivity (Wildman–Crippen MR) is 93.1 cm³/mol. The fourth-order valence-corrected chi connectivity index (χ4v) is 2.76. The number of urea groups is 1. The van der Waals surface area contributed by atoms with Crippen molar-refractivity contribution < 1.29 is 9.53 Å². The van der Waals surface area contributed by atoms with Gasteiger partial charge in [0.15, 0.2) is 0 Å². The Kier molecular flexibility index (Phi) is 5.28. The lowest BCUT2D eigenvalue weighted by Gasteiger charge is -2.34. The molecule has 1 aliphatic rings. The first-order valence-electron chi connectivity index (χ1n) is 8.06. The Morgan fingerprint density at radius 2 is 1.92 bits per heavy atom. The van der Waals surface area contributed by atoms with Crippen LogP contribution in [-0.4, -0.2) is 54.1 Å². The average molecular weight is 326 g/mol. The number of rotatable bonds is 4. The Labute approximate surface area is 142 Å². The van der Waals surface area contributed by atoms with Gasteiger partial charge in [0.2, 0.25) is 0 Å². The van der Waals surface area contributed by atoms with Gasteiger partial charge < -0.3 is 15.0 Å². The first-order valence-corrected chi connectivity index (χ1v) is 8.06. The van der Waals surface area contributed by atoms with Crippen LogP contribution in [0.3, 0.4) is 0 Å². The molecule has 0 unspecified atom stereocenters. The highest BCUT2D eigenvalue weighted by molar-refractivity contribution is 5.89. The molecular formula is C18H22N4O2. The highest BCUT2D eigenvalue weighted by Crippen LogP contribution is 2.17. The minimum absolute atomic E-state index is 0.0631. The smallest absolute Gasteiger partial charge is 0.321 e. The Morgan fingerprint density at radius 1 is 1.17 bits per heavy atom. The number of methoxy groups -OCH3 is 1. The fraction of sp³-hybridized carbons (Fsp3) is 0.333. The molecule has 6 nitrogen and oxygen atoms in total. The van der Waals surface area contributed by atoms with Crippen LogP contribution >= 0.6 is 0 Å². The van der Waals surface area contributed by atoms with Crippen molar-refractivity contribution in [3.8, 4) is 5.75 Å². The van der Waals surface area contributed by atoms with Crippen LogP contribution in [0.5, 0.6) is 5.75 Å². The lowest BCUT2D eigenvalue weighted by atomic mass is 10.2. The van der Waals surface area contributed by atoms with Crippen molar-refractivity contribution in [1.82, 2.24) is 14.8 Å². The van der Waals surface area contributed by atoms with Gasteiger partial charge in [-0.2, -0.15) is 0 Å². The molecule has 0 radical (unpaired) electrons. The lowest BCUT2D eigenvalue weighted by molar-refractivity contribution is 0.143. The number of carbonyl (C=O) groups excluding carboxylic acids is 1. The standard InChI is InChI=1S/C18H22N4O2/c1-24-17-4-2-3-16(13-17)20-18(23)22-11-9-21(10-12-22)14-15-5-7-19-8-6-15/h2-8,13H,9-12,14H2,1H3,(H,20,23). The van der Waals surface area contributed by atoms with Gasteiger partial charge in [-0.25, -0.2) is 4.79 Å². The molecule has 3 rings (SSSR count). The number of pyridine rings is 1. The second-order valence-electron chi connectivity index (χ2n) is 5.78. The summed E-state index contributed by atoms with van der Waals surface area (Å²) in [7, 11) is 1.61. The van der Waals surface area contributed by atoms with Gasteiger partial charge in [0, 0.05) is 56.9 Å². The maximum Gasteiger partial charge on any atom is 0.321 e. The van der Waals surface area contributed by atoms with Gasteiger partial charge in [-0.15, -0.1) is 0 Å². The summed E-state index contributed by atoms with van der Waals surface area (Å²) in [6, 6.07) is 11.4. The SMILES string of the molecule is COc1cccc(NC(=O)N2CCN(Cc3ccncc3)CC2)c1. The van der Waals surface area contributed by atoms with E-state index in [4.69, 9.17) is 4.74 Å². The van der Waals surface area contributed by atoms with Crippen LogP contribution in [0.4, 0.5) is 10.5 Å². The molecule has 2 heterocycles. The van der Waals surface area contributed by atoms with Crippen LogP contribution in [0.15, 0.2) is 48.8 Å². The van der Waals surface area contributed by atoms with E-state index in [2.05, 4.69) is 15.2 Å². The molecule has 0 bridgehead atoms. The first kappa shape index (κ1) is 16.3. The number of aromatic nitrogens is 1. The van der Waals surface area contributed by atoms with Crippen LogP contribution < -0.4 is 10.1 Å². The van der Waals surface area contributed by atoms with E-state index in [0.717, 1.165) is 44.2 Å². The Morgan fingerprint density at radius 3 is 2.62 bits per heavy atom. The number of amides is 2. The minimum Gasteiger partial charge on any atom is -0.497 e.